The molecule has 0 amide bonds. The predicted molar refractivity (Wildman–Crippen MR) is 16.7 cm³/mol. The summed E-state index contributed by atoms with van der Waals surface area (Å²) in [5, 5.41) is 0. The van der Waals surface area contributed by atoms with Crippen molar-refractivity contribution < 1.29 is 252 Å². The summed E-state index contributed by atoms with van der Waals surface area (Å²) in [5.41, 5.74) is 0. The van der Waals surface area contributed by atoms with Crippen molar-refractivity contribution >= 4 is 27.3 Å². The topological polar surface area (TPSA) is 458 Å². The van der Waals surface area contributed by atoms with E-state index in [1.54, 1.807) is 0 Å². The van der Waals surface area contributed by atoms with Crippen molar-refractivity contribution in [2.24, 2.45) is 0 Å². The van der Waals surface area contributed by atoms with Crippen molar-refractivity contribution in [1.29, 1.82) is 0 Å². The molecule has 0 aromatic carbocycles. The van der Waals surface area contributed by atoms with Crippen LogP contribution in [0, 0.1) is 0 Å². The molecule has 0 saturated carbocycles. The Hall–Kier alpha value is 4.01. The summed E-state index contributed by atoms with van der Waals surface area (Å²) in [7, 11) is 0. The fourth-order valence-electron chi connectivity index (χ4n) is 0. The summed E-state index contributed by atoms with van der Waals surface area (Å²) in [6.45, 7) is 0. The Bertz CT molecular complexity index is 666. The van der Waals surface area contributed by atoms with E-state index in [9.17, 15) is 0 Å². The van der Waals surface area contributed by atoms with Crippen molar-refractivity contribution in [3.8, 4) is 0 Å². The summed E-state index contributed by atoms with van der Waals surface area (Å²) < 4.78 is 206. The standard InChI is InChI=1S/Mo.8Nb.24O.Pb/q;;;;;;;;;;;;;;;;;;;;;;;;;8*-1;+2. The molecular formula is MoNb8O24Pb-6. The van der Waals surface area contributed by atoms with Crippen LogP contribution in [0.1, 0.15) is 0 Å². The maximum absolute atomic E-state index is 8.60. The van der Waals surface area contributed by atoms with Crippen LogP contribution in [0.2, 0.25) is 0 Å². The van der Waals surface area contributed by atoms with Gasteiger partial charge in [0.05, 0.1) is 0 Å². The molecule has 200 valence electrons. The van der Waals surface area contributed by atoms with Gasteiger partial charge in [0.2, 0.25) is 0 Å². The first-order chi connectivity index (χ1) is 13.9. The normalized spacial score (nSPS) is 5.88. The molecule has 34 heteroatoms. The molecule has 0 atom stereocenters. The third-order valence-electron chi connectivity index (χ3n) is 0. The first kappa shape index (κ1) is 66.4. The molecule has 0 spiro atoms. The number of hydrogen-bond donors (Lipinski definition) is 0. The molecule has 0 heterocycles. The Balaban J connectivity index is -0.0000000240. The summed E-state index contributed by atoms with van der Waals surface area (Å²) in [5.74, 6) is 0. The molecule has 2 radical (unpaired) electrons. The van der Waals surface area contributed by atoms with E-state index in [1.807, 2.05) is 0 Å². The van der Waals surface area contributed by atoms with Gasteiger partial charge in [-0.1, -0.05) is 0 Å². The van der Waals surface area contributed by atoms with Crippen molar-refractivity contribution in [2.75, 3.05) is 0 Å². The zero-order chi connectivity index (χ0) is 28.6. The summed E-state index contributed by atoms with van der Waals surface area (Å²) >= 11 is -33.6. The second kappa shape index (κ2) is 61.2. The minimum absolute atomic E-state index is 0. The minimum atomic E-state index is -4.20. The molecule has 0 fully saturated rings. The van der Waals surface area contributed by atoms with Crippen molar-refractivity contribution in [3.63, 3.8) is 0 Å². The van der Waals surface area contributed by atoms with Gasteiger partial charge in [-0.15, -0.1) is 0 Å². The molecule has 0 saturated heterocycles. The fourth-order valence-corrected chi connectivity index (χ4v) is 0. The van der Waals surface area contributed by atoms with Crippen molar-refractivity contribution in [1.82, 2.24) is 0 Å². The van der Waals surface area contributed by atoms with Crippen LogP contribution in [0.3, 0.4) is 0 Å². The van der Waals surface area contributed by atoms with Gasteiger partial charge < -0.3 is 0 Å². The second-order valence-electron chi connectivity index (χ2n) is 1.79. The Morgan fingerprint density at radius 3 is 0.235 bits per heavy atom. The van der Waals surface area contributed by atoms with Gasteiger partial charge in [0.25, 0.3) is 0 Å². The van der Waals surface area contributed by atoms with Crippen LogP contribution in [-0.2, 0) is 223 Å². The average Bonchev–Trinajstić information content (AvgIpc) is 2.30. The Labute approximate surface area is 273 Å². The maximum Gasteiger partial charge on any atom is 2.00 e. The number of rotatable bonds is 0. The molecule has 0 aliphatic rings. The van der Waals surface area contributed by atoms with Gasteiger partial charge in [0, 0.05) is 21.1 Å². The molecule has 34 heavy (non-hydrogen) atoms. The van der Waals surface area contributed by atoms with Gasteiger partial charge in [0.15, 0.2) is 0 Å². The largest absolute Gasteiger partial charge is 2.00 e. The molecule has 0 aromatic rings. The fraction of sp³-hybridized carbons (Fsp3) is 0. The Morgan fingerprint density at radius 2 is 0.235 bits per heavy atom. The van der Waals surface area contributed by atoms with E-state index in [-0.39, 0.29) is 48.4 Å². The summed E-state index contributed by atoms with van der Waals surface area (Å²) in [4.78, 5) is 0. The van der Waals surface area contributed by atoms with Gasteiger partial charge >= 0.3 is 259 Å². The molecule has 0 aliphatic heterocycles. The Morgan fingerprint density at radius 1 is 0.235 bits per heavy atom. The van der Waals surface area contributed by atoms with E-state index in [4.69, 9.17) is 80.9 Å². The Kier molecular flexibility index (Phi) is 119. The van der Waals surface area contributed by atoms with Crippen LogP contribution in [-0.4, -0.2) is 27.3 Å². The quantitative estimate of drug-likeness (QED) is 0.203. The van der Waals surface area contributed by atoms with Crippen LogP contribution in [0.4, 0.5) is 0 Å². The predicted octanol–water partition coefficient (Wildman–Crippen LogP) is -11.8. The molecular weight excluding hydrogens is 1430 g/mol. The zero-order valence-corrected chi connectivity index (χ0v) is 37.8. The van der Waals surface area contributed by atoms with Crippen molar-refractivity contribution in [2.45, 2.75) is 0 Å². The van der Waals surface area contributed by atoms with E-state index in [0.29, 0.717) is 0 Å². The van der Waals surface area contributed by atoms with Crippen LogP contribution >= 0.6 is 0 Å². The van der Waals surface area contributed by atoms with Crippen molar-refractivity contribution in [3.05, 3.63) is 0 Å². The third-order valence-corrected chi connectivity index (χ3v) is 0. The SMILES string of the molecule is [Mo].[O]=[Nb](=[O])[O-].[O]=[Nb](=[O])[O-].[O]=[Nb](=[O])[O-].[O]=[Nb](=[O])[O-].[O]=[Nb](=[O])[O-].[O]=[Nb](=[O])[O-].[O]=[Nb](=[O])[O-].[O]=[Nb](=[O])[O-].[Pb+2]. The van der Waals surface area contributed by atoms with Gasteiger partial charge in [-0.3, -0.25) is 0 Å². The van der Waals surface area contributed by atoms with Gasteiger partial charge in [-0.25, -0.2) is 0 Å². The molecule has 0 N–H and O–H groups in total. The number of hydrogen-bond acceptors (Lipinski definition) is 24. The summed E-state index contributed by atoms with van der Waals surface area (Å²) in [6, 6.07) is 0. The molecule has 24 nitrogen and oxygen atoms in total. The van der Waals surface area contributed by atoms with E-state index in [2.05, 4.69) is 0 Å². The van der Waals surface area contributed by atoms with E-state index >= 15 is 0 Å². The first-order valence-corrected chi connectivity index (χ1v) is 25.9. The second-order valence-corrected chi connectivity index (χ2v) is 10.6. The summed E-state index contributed by atoms with van der Waals surface area (Å²) in [6.07, 6.45) is 0. The van der Waals surface area contributed by atoms with Crippen LogP contribution in [0.5, 0.6) is 0 Å². The first-order valence-electron chi connectivity index (χ1n) is 4.38. The van der Waals surface area contributed by atoms with Crippen LogP contribution in [0.25, 0.3) is 0 Å². The average molecular weight is 1430 g/mol. The van der Waals surface area contributed by atoms with Crippen LogP contribution < -0.4 is 28.9 Å². The zero-order valence-electron chi connectivity index (χ0n) is 14.3. The molecule has 0 unspecified atom stereocenters. The minimum Gasteiger partial charge on any atom is 2.00 e. The molecule has 0 rings (SSSR count). The monoisotopic (exact) mass is 1430 g/mol. The van der Waals surface area contributed by atoms with E-state index in [0.717, 1.165) is 0 Å². The van der Waals surface area contributed by atoms with Gasteiger partial charge in [0.1, 0.15) is 0 Å². The smallest absolute Gasteiger partial charge is 2.00 e. The van der Waals surface area contributed by atoms with Gasteiger partial charge in [-0.05, 0) is 0 Å². The van der Waals surface area contributed by atoms with Gasteiger partial charge in [-0.2, -0.15) is 0 Å². The van der Waals surface area contributed by atoms with E-state index in [1.165, 1.54) is 0 Å². The van der Waals surface area contributed by atoms with Crippen LogP contribution in [0.15, 0.2) is 0 Å². The molecule has 0 bridgehead atoms. The molecule has 0 aliphatic carbocycles. The molecule has 0 aromatic heterocycles. The maximum atomic E-state index is 8.60. The third kappa shape index (κ3) is 2740. The van der Waals surface area contributed by atoms with E-state index < -0.39 is 150 Å².